The summed E-state index contributed by atoms with van der Waals surface area (Å²) in [5.74, 6) is -3.24. The maximum Gasteiger partial charge on any atom is 0.341 e. The molecule has 2 atom stereocenters. The third-order valence-corrected chi connectivity index (χ3v) is 3.88. The van der Waals surface area contributed by atoms with Crippen molar-refractivity contribution in [2.45, 2.75) is 25.7 Å². The number of carboxylic acids is 2. The Morgan fingerprint density at radius 2 is 1.83 bits per heavy atom. The van der Waals surface area contributed by atoms with Crippen LogP contribution in [0.3, 0.4) is 0 Å². The molecule has 0 bridgehead atoms. The number of rotatable bonds is 6. The lowest BCUT2D eigenvalue weighted by Crippen LogP contribution is -2.36. The lowest BCUT2D eigenvalue weighted by Gasteiger charge is -2.27. The smallest absolute Gasteiger partial charge is 0.341 e. The fraction of sp³-hybridized carbons (Fsp3) is 0.438. The Bertz CT molecular complexity index is 600. The number of nitrogens with one attached hydrogen (secondary N) is 1. The van der Waals surface area contributed by atoms with Crippen molar-refractivity contribution in [1.29, 1.82) is 0 Å². The van der Waals surface area contributed by atoms with Crippen LogP contribution < -0.4 is 10.1 Å². The molecule has 1 aromatic rings. The number of hydrogen-bond donors (Lipinski definition) is 3. The number of ether oxygens (including phenoxy) is 1. The molecule has 1 amide bonds. The SMILES string of the molecule is O=C(O)COc1cccc(NC(=O)[C@H]2CCCC[C@H]2C(=O)O)c1. The van der Waals surface area contributed by atoms with Gasteiger partial charge < -0.3 is 20.3 Å². The molecule has 23 heavy (non-hydrogen) atoms. The molecular formula is C16H19NO6. The molecule has 0 spiro atoms. The Labute approximate surface area is 133 Å². The molecule has 1 fully saturated rings. The zero-order valence-corrected chi connectivity index (χ0v) is 12.5. The van der Waals surface area contributed by atoms with Gasteiger partial charge in [0.2, 0.25) is 5.91 Å². The minimum atomic E-state index is -1.09. The van der Waals surface area contributed by atoms with Gasteiger partial charge in [0.1, 0.15) is 5.75 Å². The minimum Gasteiger partial charge on any atom is -0.482 e. The zero-order chi connectivity index (χ0) is 16.8. The van der Waals surface area contributed by atoms with Crippen LogP contribution in [0.15, 0.2) is 24.3 Å². The largest absolute Gasteiger partial charge is 0.482 e. The molecule has 1 saturated carbocycles. The summed E-state index contributed by atoms with van der Waals surface area (Å²) in [6.45, 7) is -0.471. The van der Waals surface area contributed by atoms with E-state index in [1.54, 1.807) is 18.2 Å². The van der Waals surface area contributed by atoms with E-state index >= 15 is 0 Å². The first-order valence-electron chi connectivity index (χ1n) is 7.45. The standard InChI is InChI=1S/C16H19NO6/c18-14(19)9-23-11-5-3-4-10(8-11)17-15(20)12-6-1-2-7-13(12)16(21)22/h3-5,8,12-13H,1-2,6-7,9H2,(H,17,20)(H,18,19)(H,21,22)/t12-,13+/m0/s1. The number of aliphatic carboxylic acids is 2. The van der Waals surface area contributed by atoms with E-state index in [0.29, 0.717) is 24.3 Å². The summed E-state index contributed by atoms with van der Waals surface area (Å²) in [6.07, 6.45) is 2.72. The van der Waals surface area contributed by atoms with E-state index in [0.717, 1.165) is 12.8 Å². The fourth-order valence-electron chi connectivity index (χ4n) is 2.78. The molecule has 1 aliphatic rings. The summed E-state index contributed by atoms with van der Waals surface area (Å²) >= 11 is 0. The van der Waals surface area contributed by atoms with Gasteiger partial charge in [-0.3, -0.25) is 9.59 Å². The normalized spacial score (nSPS) is 20.5. The second-order valence-electron chi connectivity index (χ2n) is 5.54. The number of carbonyl (C=O) groups is 3. The van der Waals surface area contributed by atoms with Crippen LogP contribution in [0.5, 0.6) is 5.75 Å². The second-order valence-corrected chi connectivity index (χ2v) is 5.54. The van der Waals surface area contributed by atoms with Gasteiger partial charge in [-0.15, -0.1) is 0 Å². The fourth-order valence-corrected chi connectivity index (χ4v) is 2.78. The van der Waals surface area contributed by atoms with Crippen molar-refractivity contribution in [3.05, 3.63) is 24.3 Å². The van der Waals surface area contributed by atoms with Crippen molar-refractivity contribution >= 4 is 23.5 Å². The summed E-state index contributed by atoms with van der Waals surface area (Å²) in [7, 11) is 0. The van der Waals surface area contributed by atoms with Crippen molar-refractivity contribution in [3.8, 4) is 5.75 Å². The number of benzene rings is 1. The summed E-state index contributed by atoms with van der Waals surface area (Å²) in [5, 5.41) is 20.5. The first kappa shape index (κ1) is 16.8. The quantitative estimate of drug-likeness (QED) is 0.738. The monoisotopic (exact) mass is 321 g/mol. The van der Waals surface area contributed by atoms with E-state index in [1.807, 2.05) is 0 Å². The van der Waals surface area contributed by atoms with Crippen molar-refractivity contribution in [2.75, 3.05) is 11.9 Å². The Balaban J connectivity index is 2.02. The van der Waals surface area contributed by atoms with E-state index in [-0.39, 0.29) is 5.91 Å². The van der Waals surface area contributed by atoms with Crippen LogP contribution in [-0.2, 0) is 14.4 Å². The number of carboxylic acid groups (broad SMARTS) is 2. The molecule has 7 nitrogen and oxygen atoms in total. The number of hydrogen-bond acceptors (Lipinski definition) is 4. The maximum absolute atomic E-state index is 12.4. The van der Waals surface area contributed by atoms with Crippen LogP contribution in [0.1, 0.15) is 25.7 Å². The van der Waals surface area contributed by atoms with Crippen LogP contribution in [-0.4, -0.2) is 34.7 Å². The third-order valence-electron chi connectivity index (χ3n) is 3.88. The van der Waals surface area contributed by atoms with E-state index in [2.05, 4.69) is 5.32 Å². The first-order chi connectivity index (χ1) is 11.0. The molecule has 0 aromatic heterocycles. The first-order valence-corrected chi connectivity index (χ1v) is 7.45. The van der Waals surface area contributed by atoms with Crippen LogP contribution in [0.4, 0.5) is 5.69 Å². The predicted molar refractivity (Wildman–Crippen MR) is 81.3 cm³/mol. The molecule has 3 N–H and O–H groups in total. The average molecular weight is 321 g/mol. The Kier molecular flexibility index (Phi) is 5.56. The molecule has 124 valence electrons. The number of anilines is 1. The molecule has 0 saturated heterocycles. The van der Waals surface area contributed by atoms with E-state index in [9.17, 15) is 19.5 Å². The van der Waals surface area contributed by atoms with E-state index < -0.39 is 30.4 Å². The minimum absolute atomic E-state index is 0.323. The van der Waals surface area contributed by atoms with Gasteiger partial charge in [0.05, 0.1) is 11.8 Å². The maximum atomic E-state index is 12.4. The summed E-state index contributed by atoms with van der Waals surface area (Å²) in [4.78, 5) is 34.1. The van der Waals surface area contributed by atoms with E-state index in [1.165, 1.54) is 6.07 Å². The van der Waals surface area contributed by atoms with Gasteiger partial charge in [-0.1, -0.05) is 18.9 Å². The highest BCUT2D eigenvalue weighted by Crippen LogP contribution is 2.31. The third kappa shape index (κ3) is 4.70. The van der Waals surface area contributed by atoms with Crippen molar-refractivity contribution in [2.24, 2.45) is 11.8 Å². The second kappa shape index (κ2) is 7.62. The molecule has 0 radical (unpaired) electrons. The summed E-state index contributed by atoms with van der Waals surface area (Å²) in [6, 6.07) is 6.37. The van der Waals surface area contributed by atoms with Gasteiger partial charge in [0, 0.05) is 11.8 Å². The van der Waals surface area contributed by atoms with Crippen LogP contribution in [0.2, 0.25) is 0 Å². The van der Waals surface area contributed by atoms with Gasteiger partial charge in [-0.05, 0) is 25.0 Å². The van der Waals surface area contributed by atoms with Crippen LogP contribution >= 0.6 is 0 Å². The van der Waals surface area contributed by atoms with Gasteiger partial charge in [0.25, 0.3) is 0 Å². The Morgan fingerprint density at radius 1 is 1.13 bits per heavy atom. The lowest BCUT2D eigenvalue weighted by atomic mass is 9.78. The highest BCUT2D eigenvalue weighted by molar-refractivity contribution is 5.95. The van der Waals surface area contributed by atoms with Crippen molar-refractivity contribution in [3.63, 3.8) is 0 Å². The predicted octanol–water partition coefficient (Wildman–Crippen LogP) is 1.98. The lowest BCUT2D eigenvalue weighted by molar-refractivity contribution is -0.147. The number of amides is 1. The molecule has 2 rings (SSSR count). The molecule has 7 heteroatoms. The average Bonchev–Trinajstić information content (AvgIpc) is 2.53. The molecular weight excluding hydrogens is 302 g/mol. The highest BCUT2D eigenvalue weighted by Gasteiger charge is 2.35. The summed E-state index contributed by atoms with van der Waals surface area (Å²) in [5.41, 5.74) is 0.451. The van der Waals surface area contributed by atoms with Gasteiger partial charge in [0.15, 0.2) is 6.61 Å². The van der Waals surface area contributed by atoms with Crippen molar-refractivity contribution in [1.82, 2.24) is 0 Å². The summed E-state index contributed by atoms with van der Waals surface area (Å²) < 4.78 is 5.05. The topological polar surface area (TPSA) is 113 Å². The molecule has 1 aromatic carbocycles. The molecule has 1 aliphatic carbocycles. The zero-order valence-electron chi connectivity index (χ0n) is 12.5. The van der Waals surface area contributed by atoms with Gasteiger partial charge in [-0.2, -0.15) is 0 Å². The Morgan fingerprint density at radius 3 is 2.48 bits per heavy atom. The molecule has 0 aliphatic heterocycles. The number of carbonyl (C=O) groups excluding carboxylic acids is 1. The van der Waals surface area contributed by atoms with Crippen LogP contribution in [0, 0.1) is 11.8 Å². The Hall–Kier alpha value is -2.57. The molecule has 0 heterocycles. The van der Waals surface area contributed by atoms with Gasteiger partial charge in [-0.25, -0.2) is 4.79 Å². The van der Waals surface area contributed by atoms with Crippen LogP contribution in [0.25, 0.3) is 0 Å². The van der Waals surface area contributed by atoms with E-state index in [4.69, 9.17) is 9.84 Å². The van der Waals surface area contributed by atoms with Gasteiger partial charge >= 0.3 is 11.9 Å². The van der Waals surface area contributed by atoms with Crippen molar-refractivity contribution < 1.29 is 29.3 Å². The molecule has 0 unspecified atom stereocenters. The highest BCUT2D eigenvalue weighted by atomic mass is 16.5.